The number of carbonyl (C=O) groups is 1. The van der Waals surface area contributed by atoms with Gasteiger partial charge in [0.1, 0.15) is 12.4 Å². The van der Waals surface area contributed by atoms with Gasteiger partial charge >= 0.3 is 6.03 Å². The monoisotopic (exact) mass is 322 g/mol. The van der Waals surface area contributed by atoms with Crippen LogP contribution in [0, 0.1) is 0 Å². The van der Waals surface area contributed by atoms with Gasteiger partial charge in [0.15, 0.2) is 0 Å². The summed E-state index contributed by atoms with van der Waals surface area (Å²) in [5, 5.41) is 6.33. The highest BCUT2D eigenvalue weighted by molar-refractivity contribution is 6.30. The molecule has 2 amide bonds. The van der Waals surface area contributed by atoms with Gasteiger partial charge in [0.2, 0.25) is 0 Å². The highest BCUT2D eigenvalue weighted by Gasteiger charge is 2.04. The maximum Gasteiger partial charge on any atom is 0.314 e. The number of benzene rings is 1. The molecule has 0 unspecified atom stereocenters. The zero-order chi connectivity index (χ0) is 15.6. The minimum absolute atomic E-state index is 0.142. The van der Waals surface area contributed by atoms with Crippen molar-refractivity contribution in [2.24, 2.45) is 0 Å². The van der Waals surface area contributed by atoms with Crippen molar-refractivity contribution in [2.45, 2.75) is 32.1 Å². The van der Waals surface area contributed by atoms with E-state index in [1.165, 1.54) is 31.3 Å². The molecule has 4 nitrogen and oxygen atoms in total. The van der Waals surface area contributed by atoms with Crippen molar-refractivity contribution >= 4 is 17.6 Å². The van der Waals surface area contributed by atoms with Gasteiger partial charge in [0, 0.05) is 11.6 Å². The van der Waals surface area contributed by atoms with E-state index in [-0.39, 0.29) is 6.03 Å². The van der Waals surface area contributed by atoms with E-state index in [9.17, 15) is 4.79 Å². The van der Waals surface area contributed by atoms with Crippen LogP contribution in [0.3, 0.4) is 0 Å². The van der Waals surface area contributed by atoms with E-state index in [0.717, 1.165) is 12.2 Å². The largest absolute Gasteiger partial charge is 0.492 e. The maximum absolute atomic E-state index is 11.6. The van der Waals surface area contributed by atoms with Crippen molar-refractivity contribution < 1.29 is 9.53 Å². The summed E-state index contributed by atoms with van der Waals surface area (Å²) in [7, 11) is 0. The molecule has 2 rings (SSSR count). The van der Waals surface area contributed by atoms with Crippen molar-refractivity contribution in [1.82, 2.24) is 10.6 Å². The molecule has 0 heterocycles. The molecular formula is C17H23ClN2O2. The number of urea groups is 1. The molecule has 0 fully saturated rings. The Morgan fingerprint density at radius 2 is 1.91 bits per heavy atom. The van der Waals surface area contributed by atoms with Gasteiger partial charge in [0.05, 0.1) is 6.54 Å². The van der Waals surface area contributed by atoms with Gasteiger partial charge in [-0.15, -0.1) is 0 Å². The third-order valence-corrected chi connectivity index (χ3v) is 3.84. The van der Waals surface area contributed by atoms with Crippen LogP contribution in [-0.4, -0.2) is 25.7 Å². The molecule has 0 bridgehead atoms. The van der Waals surface area contributed by atoms with E-state index in [4.69, 9.17) is 16.3 Å². The summed E-state index contributed by atoms with van der Waals surface area (Å²) in [5.74, 6) is 0.746. The first-order chi connectivity index (χ1) is 10.7. The fraction of sp³-hybridized carbons (Fsp3) is 0.471. The molecule has 0 saturated heterocycles. The van der Waals surface area contributed by atoms with Crippen molar-refractivity contribution in [3.8, 4) is 5.75 Å². The second kappa shape index (κ2) is 9.36. The van der Waals surface area contributed by atoms with Crippen LogP contribution in [0.15, 0.2) is 35.9 Å². The highest BCUT2D eigenvalue weighted by Crippen LogP contribution is 2.19. The third-order valence-electron chi connectivity index (χ3n) is 3.59. The topological polar surface area (TPSA) is 50.4 Å². The second-order valence-electron chi connectivity index (χ2n) is 5.34. The molecule has 0 radical (unpaired) electrons. The lowest BCUT2D eigenvalue weighted by molar-refractivity contribution is 0.236. The van der Waals surface area contributed by atoms with Crippen LogP contribution >= 0.6 is 11.6 Å². The van der Waals surface area contributed by atoms with Crippen LogP contribution in [0.25, 0.3) is 0 Å². The Hall–Kier alpha value is -1.68. The first kappa shape index (κ1) is 16.7. The van der Waals surface area contributed by atoms with Gasteiger partial charge in [-0.1, -0.05) is 23.3 Å². The van der Waals surface area contributed by atoms with E-state index in [1.807, 2.05) is 0 Å². The molecule has 0 saturated carbocycles. The molecule has 1 aliphatic carbocycles. The van der Waals surface area contributed by atoms with Crippen LogP contribution < -0.4 is 15.4 Å². The molecule has 1 aromatic carbocycles. The minimum Gasteiger partial charge on any atom is -0.492 e. The summed E-state index contributed by atoms with van der Waals surface area (Å²) in [4.78, 5) is 11.6. The normalized spacial score (nSPS) is 14.1. The molecule has 0 aromatic heterocycles. The number of hydrogen-bond donors (Lipinski definition) is 2. The number of rotatable bonds is 7. The fourth-order valence-corrected chi connectivity index (χ4v) is 2.52. The number of ether oxygens (including phenoxy) is 1. The third kappa shape index (κ3) is 6.39. The van der Waals surface area contributed by atoms with Gasteiger partial charge in [-0.2, -0.15) is 0 Å². The number of allylic oxidation sites excluding steroid dienone is 1. The first-order valence-electron chi connectivity index (χ1n) is 7.82. The first-order valence-corrected chi connectivity index (χ1v) is 8.20. The van der Waals surface area contributed by atoms with Crippen molar-refractivity contribution in [3.63, 3.8) is 0 Å². The summed E-state index contributed by atoms with van der Waals surface area (Å²) >= 11 is 5.79. The van der Waals surface area contributed by atoms with Gasteiger partial charge in [-0.25, -0.2) is 4.79 Å². The quantitative estimate of drug-likeness (QED) is 0.590. The lowest BCUT2D eigenvalue weighted by Crippen LogP contribution is -2.38. The molecule has 0 spiro atoms. The predicted octanol–water partition coefficient (Wildman–Crippen LogP) is 3.91. The fourth-order valence-electron chi connectivity index (χ4n) is 2.40. The number of hydrogen-bond acceptors (Lipinski definition) is 2. The molecular weight excluding hydrogens is 300 g/mol. The molecule has 0 aliphatic heterocycles. The van der Waals surface area contributed by atoms with E-state index < -0.39 is 0 Å². The molecule has 120 valence electrons. The molecule has 2 N–H and O–H groups in total. The Morgan fingerprint density at radius 3 is 2.64 bits per heavy atom. The Bertz CT molecular complexity index is 500. The van der Waals surface area contributed by atoms with Crippen LogP contribution in [0.5, 0.6) is 5.75 Å². The minimum atomic E-state index is -0.142. The Kier molecular flexibility index (Phi) is 7.10. The SMILES string of the molecule is O=C(NCCOc1ccc(Cl)cc1)NCCC1=CCCCC1. The summed E-state index contributed by atoms with van der Waals surface area (Å²) in [6, 6.07) is 7.02. The molecule has 22 heavy (non-hydrogen) atoms. The van der Waals surface area contributed by atoms with Crippen LogP contribution in [0.4, 0.5) is 4.79 Å². The zero-order valence-corrected chi connectivity index (χ0v) is 13.5. The van der Waals surface area contributed by atoms with Crippen LogP contribution in [-0.2, 0) is 0 Å². The van der Waals surface area contributed by atoms with E-state index >= 15 is 0 Å². The van der Waals surface area contributed by atoms with E-state index in [0.29, 0.717) is 24.7 Å². The maximum atomic E-state index is 11.6. The Morgan fingerprint density at radius 1 is 1.14 bits per heavy atom. The van der Waals surface area contributed by atoms with Gasteiger partial charge in [-0.3, -0.25) is 0 Å². The van der Waals surface area contributed by atoms with Crippen molar-refractivity contribution in [3.05, 3.63) is 40.9 Å². The van der Waals surface area contributed by atoms with Gasteiger partial charge in [-0.05, 0) is 56.4 Å². The predicted molar refractivity (Wildman–Crippen MR) is 89.5 cm³/mol. The number of carbonyl (C=O) groups excluding carboxylic acids is 1. The smallest absolute Gasteiger partial charge is 0.314 e. The summed E-state index contributed by atoms with van der Waals surface area (Å²) < 4.78 is 5.50. The van der Waals surface area contributed by atoms with Crippen LogP contribution in [0.2, 0.25) is 5.02 Å². The number of amides is 2. The average Bonchev–Trinajstić information content (AvgIpc) is 2.54. The van der Waals surface area contributed by atoms with E-state index in [1.54, 1.807) is 24.3 Å². The van der Waals surface area contributed by atoms with E-state index in [2.05, 4.69) is 16.7 Å². The van der Waals surface area contributed by atoms with Crippen molar-refractivity contribution in [1.29, 1.82) is 0 Å². The van der Waals surface area contributed by atoms with Crippen molar-refractivity contribution in [2.75, 3.05) is 19.7 Å². The highest BCUT2D eigenvalue weighted by atomic mass is 35.5. The standard InChI is InChI=1S/C17H23ClN2O2/c18-15-6-8-16(9-7-15)22-13-12-20-17(21)19-11-10-14-4-2-1-3-5-14/h4,6-9H,1-3,5,10-13H2,(H2,19,20,21). The summed E-state index contributed by atoms with van der Waals surface area (Å²) in [5.41, 5.74) is 1.47. The Balaban J connectivity index is 1.52. The number of nitrogens with one attached hydrogen (secondary N) is 2. The van der Waals surface area contributed by atoms with Gasteiger partial charge < -0.3 is 15.4 Å². The lowest BCUT2D eigenvalue weighted by Gasteiger charge is -2.13. The zero-order valence-electron chi connectivity index (χ0n) is 12.7. The Labute approximate surface area is 136 Å². The number of halogens is 1. The summed E-state index contributed by atoms with van der Waals surface area (Å²) in [6.07, 6.45) is 8.20. The molecule has 1 aliphatic rings. The lowest BCUT2D eigenvalue weighted by atomic mass is 9.97. The van der Waals surface area contributed by atoms with Gasteiger partial charge in [0.25, 0.3) is 0 Å². The van der Waals surface area contributed by atoms with Crippen LogP contribution in [0.1, 0.15) is 32.1 Å². The second-order valence-corrected chi connectivity index (χ2v) is 5.78. The average molecular weight is 323 g/mol. The summed E-state index contributed by atoms with van der Waals surface area (Å²) in [6.45, 7) is 1.59. The molecule has 1 aromatic rings. The molecule has 0 atom stereocenters. The molecule has 5 heteroatoms.